The van der Waals surface area contributed by atoms with Crippen LogP contribution in [0.2, 0.25) is 0 Å². The number of benzene rings is 1. The number of nitro benzene ring substituents is 1. The molecule has 1 heterocycles. The molecule has 8 nitrogen and oxygen atoms in total. The highest BCUT2D eigenvalue weighted by atomic mass is 16.6. The molecular formula is C19H28N4O4. The second kappa shape index (κ2) is 10.5. The van der Waals surface area contributed by atoms with Crippen molar-refractivity contribution < 1.29 is 14.5 Å². The molecular weight excluding hydrogens is 348 g/mol. The van der Waals surface area contributed by atoms with E-state index in [0.29, 0.717) is 19.7 Å². The van der Waals surface area contributed by atoms with E-state index in [4.69, 9.17) is 4.74 Å². The quantitative estimate of drug-likeness (QED) is 0.258. The molecule has 2 rings (SSSR count). The summed E-state index contributed by atoms with van der Waals surface area (Å²) in [4.78, 5) is 29.2. The van der Waals surface area contributed by atoms with Gasteiger partial charge in [-0.25, -0.2) is 4.99 Å². The summed E-state index contributed by atoms with van der Waals surface area (Å²) < 4.78 is 5.17. The van der Waals surface area contributed by atoms with Gasteiger partial charge in [-0.3, -0.25) is 14.9 Å². The van der Waals surface area contributed by atoms with Gasteiger partial charge in [-0.15, -0.1) is 0 Å². The minimum Gasteiger partial charge on any atom is -0.466 e. The minimum atomic E-state index is -0.412. The van der Waals surface area contributed by atoms with Crippen molar-refractivity contribution in [2.24, 2.45) is 10.9 Å². The van der Waals surface area contributed by atoms with Gasteiger partial charge >= 0.3 is 5.97 Å². The number of carbonyl (C=O) groups excluding carboxylic acids is 1. The van der Waals surface area contributed by atoms with Gasteiger partial charge in [-0.05, 0) is 31.7 Å². The van der Waals surface area contributed by atoms with Crippen LogP contribution in [0.15, 0.2) is 29.3 Å². The normalized spacial score (nSPS) is 17.5. The second-order valence-electron chi connectivity index (χ2n) is 6.53. The van der Waals surface area contributed by atoms with Gasteiger partial charge < -0.3 is 15.0 Å². The predicted octanol–water partition coefficient (Wildman–Crippen LogP) is 2.73. The fraction of sp³-hybridized carbons (Fsp3) is 0.579. The highest BCUT2D eigenvalue weighted by Crippen LogP contribution is 2.19. The Kier molecular flexibility index (Phi) is 8.03. The molecule has 0 aliphatic carbocycles. The van der Waals surface area contributed by atoms with Gasteiger partial charge in [0.05, 0.1) is 24.0 Å². The summed E-state index contributed by atoms with van der Waals surface area (Å²) in [5.41, 5.74) is 0.968. The number of likely N-dealkylation sites (tertiary alicyclic amines) is 1. The molecule has 148 valence electrons. The Morgan fingerprint density at radius 2 is 2.11 bits per heavy atom. The van der Waals surface area contributed by atoms with Crippen molar-refractivity contribution in [1.29, 1.82) is 0 Å². The summed E-state index contributed by atoms with van der Waals surface area (Å²) in [6.07, 6.45) is 2.71. The Hall–Kier alpha value is -2.64. The number of aliphatic imine (C=N–C) groups is 1. The third-order valence-electron chi connectivity index (χ3n) is 4.43. The fourth-order valence-electron chi connectivity index (χ4n) is 3.02. The van der Waals surface area contributed by atoms with Gasteiger partial charge in [-0.2, -0.15) is 0 Å². The molecule has 1 aromatic rings. The molecule has 0 spiro atoms. The van der Waals surface area contributed by atoms with Gasteiger partial charge in [-0.1, -0.05) is 19.1 Å². The van der Waals surface area contributed by atoms with Gasteiger partial charge in [0.15, 0.2) is 5.96 Å². The first-order valence-electron chi connectivity index (χ1n) is 9.48. The maximum Gasteiger partial charge on any atom is 0.310 e. The highest BCUT2D eigenvalue weighted by molar-refractivity contribution is 5.81. The molecule has 0 aromatic heterocycles. The van der Waals surface area contributed by atoms with Crippen LogP contribution in [0.1, 0.15) is 38.7 Å². The summed E-state index contributed by atoms with van der Waals surface area (Å²) in [5.74, 6) is 0.489. The zero-order valence-electron chi connectivity index (χ0n) is 16.0. The van der Waals surface area contributed by atoms with E-state index >= 15 is 0 Å². The Balaban J connectivity index is 2.07. The lowest BCUT2D eigenvalue weighted by molar-refractivity contribution is -0.384. The van der Waals surface area contributed by atoms with E-state index in [1.807, 2.05) is 6.92 Å². The van der Waals surface area contributed by atoms with Crippen molar-refractivity contribution in [3.8, 4) is 0 Å². The molecule has 1 aromatic carbocycles. The average molecular weight is 376 g/mol. The van der Waals surface area contributed by atoms with E-state index < -0.39 is 4.92 Å². The number of guanidine groups is 1. The third kappa shape index (κ3) is 6.23. The SMILES string of the molecule is CCCNC(=NCc1ccc([N+](=O)[O-])cc1)N1CCCC(C(=O)OCC)C1. The van der Waals surface area contributed by atoms with E-state index in [9.17, 15) is 14.9 Å². The summed E-state index contributed by atoms with van der Waals surface area (Å²) in [5, 5.41) is 14.1. The van der Waals surface area contributed by atoms with Crippen LogP contribution >= 0.6 is 0 Å². The number of hydrogen-bond donors (Lipinski definition) is 1. The van der Waals surface area contributed by atoms with Crippen molar-refractivity contribution >= 4 is 17.6 Å². The fourth-order valence-corrected chi connectivity index (χ4v) is 3.02. The molecule has 0 amide bonds. The number of ether oxygens (including phenoxy) is 1. The molecule has 0 radical (unpaired) electrons. The molecule has 0 bridgehead atoms. The molecule has 1 N–H and O–H groups in total. The number of carbonyl (C=O) groups is 1. The molecule has 1 fully saturated rings. The Bertz CT molecular complexity index is 660. The average Bonchev–Trinajstić information content (AvgIpc) is 2.68. The number of nitrogens with one attached hydrogen (secondary N) is 1. The van der Waals surface area contributed by atoms with Crippen molar-refractivity contribution in [1.82, 2.24) is 10.2 Å². The Morgan fingerprint density at radius 1 is 1.37 bits per heavy atom. The molecule has 0 saturated carbocycles. The summed E-state index contributed by atoms with van der Waals surface area (Å²) >= 11 is 0. The largest absolute Gasteiger partial charge is 0.466 e. The van der Waals surface area contributed by atoms with E-state index in [1.54, 1.807) is 12.1 Å². The Morgan fingerprint density at radius 3 is 2.74 bits per heavy atom. The topological polar surface area (TPSA) is 97.1 Å². The Labute approximate surface area is 159 Å². The van der Waals surface area contributed by atoms with Crippen molar-refractivity contribution in [2.75, 3.05) is 26.2 Å². The van der Waals surface area contributed by atoms with Crippen molar-refractivity contribution in [3.05, 3.63) is 39.9 Å². The van der Waals surface area contributed by atoms with Crippen LogP contribution in [0.4, 0.5) is 5.69 Å². The molecule has 1 aliphatic heterocycles. The van der Waals surface area contributed by atoms with E-state index in [1.165, 1.54) is 12.1 Å². The smallest absolute Gasteiger partial charge is 0.310 e. The van der Waals surface area contributed by atoms with Crippen molar-refractivity contribution in [3.63, 3.8) is 0 Å². The molecule has 1 unspecified atom stereocenters. The van der Waals surface area contributed by atoms with E-state index in [-0.39, 0.29) is 17.6 Å². The summed E-state index contributed by atoms with van der Waals surface area (Å²) in [6.45, 7) is 6.94. The molecule has 8 heteroatoms. The van der Waals surface area contributed by atoms with Crippen LogP contribution in [0, 0.1) is 16.0 Å². The number of rotatable bonds is 7. The van der Waals surface area contributed by atoms with Crippen LogP contribution < -0.4 is 5.32 Å². The highest BCUT2D eigenvalue weighted by Gasteiger charge is 2.28. The predicted molar refractivity (Wildman–Crippen MR) is 103 cm³/mol. The number of nitro groups is 1. The second-order valence-corrected chi connectivity index (χ2v) is 6.53. The summed E-state index contributed by atoms with van der Waals surface area (Å²) in [7, 11) is 0. The lowest BCUT2D eigenvalue weighted by Gasteiger charge is -2.34. The maximum atomic E-state index is 12.1. The zero-order chi connectivity index (χ0) is 19.6. The molecule has 27 heavy (non-hydrogen) atoms. The number of non-ortho nitro benzene ring substituents is 1. The van der Waals surface area contributed by atoms with Gasteiger partial charge in [0.1, 0.15) is 0 Å². The first-order chi connectivity index (χ1) is 13.0. The molecule has 1 atom stereocenters. The van der Waals surface area contributed by atoms with Crippen molar-refractivity contribution in [2.45, 2.75) is 39.7 Å². The van der Waals surface area contributed by atoms with Crippen LogP contribution in [0.5, 0.6) is 0 Å². The van der Waals surface area contributed by atoms with Gasteiger partial charge in [0.2, 0.25) is 0 Å². The van der Waals surface area contributed by atoms with Gasteiger partial charge in [0, 0.05) is 31.8 Å². The number of hydrogen-bond acceptors (Lipinski definition) is 5. The maximum absolute atomic E-state index is 12.1. The summed E-state index contributed by atoms with van der Waals surface area (Å²) in [6, 6.07) is 6.41. The van der Waals surface area contributed by atoms with E-state index in [2.05, 4.69) is 22.1 Å². The minimum absolute atomic E-state index is 0.0698. The van der Waals surface area contributed by atoms with Crippen LogP contribution in [0.25, 0.3) is 0 Å². The number of piperidine rings is 1. The van der Waals surface area contributed by atoms with Crippen LogP contribution in [-0.4, -0.2) is 48.0 Å². The molecule has 1 saturated heterocycles. The lowest BCUT2D eigenvalue weighted by atomic mass is 9.98. The lowest BCUT2D eigenvalue weighted by Crippen LogP contribution is -2.48. The molecule has 1 aliphatic rings. The first kappa shape index (κ1) is 20.7. The third-order valence-corrected chi connectivity index (χ3v) is 4.43. The van der Waals surface area contributed by atoms with E-state index in [0.717, 1.165) is 43.9 Å². The van der Waals surface area contributed by atoms with Gasteiger partial charge in [0.25, 0.3) is 5.69 Å². The van der Waals surface area contributed by atoms with Crippen LogP contribution in [0.3, 0.4) is 0 Å². The first-order valence-corrected chi connectivity index (χ1v) is 9.48. The number of esters is 1. The van der Waals surface area contributed by atoms with Crippen LogP contribution in [-0.2, 0) is 16.1 Å². The standard InChI is InChI=1S/C19H28N4O4/c1-3-11-20-19(21-13-15-7-9-17(10-8-15)23(25)26)22-12-5-6-16(14-22)18(24)27-4-2/h7-10,16H,3-6,11-14H2,1-2H3,(H,20,21). The monoisotopic (exact) mass is 376 g/mol. The number of nitrogens with zero attached hydrogens (tertiary/aromatic N) is 3. The zero-order valence-corrected chi connectivity index (χ0v) is 16.0.